The Morgan fingerprint density at radius 3 is 2.36 bits per heavy atom. The Hall–Kier alpha value is -0.0800. The number of likely N-dealkylation sites (tertiary alicyclic amines) is 1. The van der Waals surface area contributed by atoms with Gasteiger partial charge >= 0.3 is 0 Å². The van der Waals surface area contributed by atoms with Crippen LogP contribution in [0.2, 0.25) is 0 Å². The standard InChI is InChI=1S/C12H24N2/c1-12(6-3-7-12)10-14-8-4-11(13-2)5-9-14/h11,13H,3-10H2,1-2H3. The number of nitrogens with one attached hydrogen (secondary N) is 1. The van der Waals surface area contributed by atoms with Gasteiger partial charge in [0.1, 0.15) is 0 Å². The van der Waals surface area contributed by atoms with Crippen molar-refractivity contribution < 1.29 is 0 Å². The maximum Gasteiger partial charge on any atom is 0.00884 e. The zero-order chi connectivity index (χ0) is 10.0. The van der Waals surface area contributed by atoms with E-state index in [1.807, 2.05) is 0 Å². The minimum atomic E-state index is 0.673. The van der Waals surface area contributed by atoms with Crippen molar-refractivity contribution in [2.75, 3.05) is 26.7 Å². The van der Waals surface area contributed by atoms with Crippen LogP contribution in [0.1, 0.15) is 39.0 Å². The van der Waals surface area contributed by atoms with Gasteiger partial charge in [0.15, 0.2) is 0 Å². The first-order chi connectivity index (χ1) is 6.72. The Bertz CT molecular complexity index is 179. The average Bonchev–Trinajstić information content (AvgIpc) is 2.17. The van der Waals surface area contributed by atoms with Crippen LogP contribution in [0.15, 0.2) is 0 Å². The molecule has 0 spiro atoms. The summed E-state index contributed by atoms with van der Waals surface area (Å²) in [6.45, 7) is 6.42. The summed E-state index contributed by atoms with van der Waals surface area (Å²) in [7, 11) is 2.09. The Labute approximate surface area is 88.1 Å². The van der Waals surface area contributed by atoms with E-state index in [-0.39, 0.29) is 0 Å². The summed E-state index contributed by atoms with van der Waals surface area (Å²) in [6, 6.07) is 0.778. The Kier molecular flexibility index (Phi) is 3.13. The van der Waals surface area contributed by atoms with Crippen LogP contribution in [0.4, 0.5) is 0 Å². The van der Waals surface area contributed by atoms with Gasteiger partial charge in [-0.2, -0.15) is 0 Å². The van der Waals surface area contributed by atoms with Crippen molar-refractivity contribution >= 4 is 0 Å². The molecule has 0 aromatic heterocycles. The number of hydrogen-bond donors (Lipinski definition) is 1. The van der Waals surface area contributed by atoms with Crippen molar-refractivity contribution in [3.63, 3.8) is 0 Å². The van der Waals surface area contributed by atoms with Crippen LogP contribution >= 0.6 is 0 Å². The third kappa shape index (κ3) is 2.29. The number of piperidine rings is 1. The molecule has 2 heteroatoms. The minimum Gasteiger partial charge on any atom is -0.317 e. The van der Waals surface area contributed by atoms with E-state index in [0.717, 1.165) is 6.04 Å². The molecule has 0 radical (unpaired) electrons. The topological polar surface area (TPSA) is 15.3 Å². The smallest absolute Gasteiger partial charge is 0.00884 e. The molecular weight excluding hydrogens is 172 g/mol. The van der Waals surface area contributed by atoms with Crippen molar-refractivity contribution in [1.82, 2.24) is 10.2 Å². The summed E-state index contributed by atoms with van der Waals surface area (Å²) in [5.41, 5.74) is 0.673. The molecule has 2 rings (SSSR count). The summed E-state index contributed by atoms with van der Waals surface area (Å²) in [6.07, 6.45) is 7.06. The number of rotatable bonds is 3. The molecule has 0 aromatic rings. The lowest BCUT2D eigenvalue weighted by atomic mass is 9.70. The average molecular weight is 196 g/mol. The van der Waals surface area contributed by atoms with Crippen LogP contribution in [-0.2, 0) is 0 Å². The Morgan fingerprint density at radius 1 is 1.29 bits per heavy atom. The van der Waals surface area contributed by atoms with Crippen molar-refractivity contribution in [1.29, 1.82) is 0 Å². The normalized spacial score (nSPS) is 28.7. The van der Waals surface area contributed by atoms with E-state index in [2.05, 4.69) is 24.2 Å². The zero-order valence-corrected chi connectivity index (χ0v) is 9.68. The fraction of sp³-hybridized carbons (Fsp3) is 1.00. The van der Waals surface area contributed by atoms with Gasteiger partial charge in [0, 0.05) is 12.6 Å². The van der Waals surface area contributed by atoms with Gasteiger partial charge in [-0.25, -0.2) is 0 Å². The predicted molar refractivity (Wildman–Crippen MR) is 60.5 cm³/mol. The van der Waals surface area contributed by atoms with Crippen molar-refractivity contribution in [3.8, 4) is 0 Å². The molecule has 1 aliphatic heterocycles. The van der Waals surface area contributed by atoms with Crippen LogP contribution in [0, 0.1) is 5.41 Å². The van der Waals surface area contributed by atoms with Gasteiger partial charge < -0.3 is 10.2 Å². The molecule has 1 saturated carbocycles. The molecule has 82 valence electrons. The highest BCUT2D eigenvalue weighted by atomic mass is 15.1. The van der Waals surface area contributed by atoms with E-state index in [4.69, 9.17) is 0 Å². The molecule has 0 aromatic carbocycles. The number of hydrogen-bond acceptors (Lipinski definition) is 2. The maximum absolute atomic E-state index is 3.39. The van der Waals surface area contributed by atoms with Crippen LogP contribution in [0.25, 0.3) is 0 Å². The molecule has 1 saturated heterocycles. The first-order valence-electron chi connectivity index (χ1n) is 6.11. The van der Waals surface area contributed by atoms with Crippen molar-refractivity contribution in [3.05, 3.63) is 0 Å². The van der Waals surface area contributed by atoms with E-state index in [1.165, 1.54) is 51.7 Å². The maximum atomic E-state index is 3.39. The molecule has 0 bridgehead atoms. The van der Waals surface area contributed by atoms with Gasteiger partial charge in [0.2, 0.25) is 0 Å². The lowest BCUT2D eigenvalue weighted by molar-refractivity contribution is 0.0688. The second-order valence-corrected chi connectivity index (χ2v) is 5.50. The van der Waals surface area contributed by atoms with Gasteiger partial charge in [0.25, 0.3) is 0 Å². The van der Waals surface area contributed by atoms with Crippen LogP contribution in [-0.4, -0.2) is 37.6 Å². The van der Waals surface area contributed by atoms with Crippen molar-refractivity contribution in [2.45, 2.75) is 45.1 Å². The monoisotopic (exact) mass is 196 g/mol. The van der Waals surface area contributed by atoms with Gasteiger partial charge in [-0.15, -0.1) is 0 Å². The van der Waals surface area contributed by atoms with Crippen LogP contribution < -0.4 is 5.32 Å². The van der Waals surface area contributed by atoms with E-state index >= 15 is 0 Å². The van der Waals surface area contributed by atoms with E-state index in [0.29, 0.717) is 5.41 Å². The Morgan fingerprint density at radius 2 is 1.93 bits per heavy atom. The molecule has 14 heavy (non-hydrogen) atoms. The lowest BCUT2D eigenvalue weighted by Crippen LogP contribution is -2.46. The fourth-order valence-electron chi connectivity index (χ4n) is 2.86. The van der Waals surface area contributed by atoms with Crippen molar-refractivity contribution in [2.24, 2.45) is 5.41 Å². The quantitative estimate of drug-likeness (QED) is 0.741. The van der Waals surface area contributed by atoms with Gasteiger partial charge in [-0.1, -0.05) is 13.3 Å². The molecule has 2 aliphatic rings. The summed E-state index contributed by atoms with van der Waals surface area (Å²) < 4.78 is 0. The summed E-state index contributed by atoms with van der Waals surface area (Å²) in [5.74, 6) is 0. The highest BCUT2D eigenvalue weighted by Crippen LogP contribution is 2.41. The summed E-state index contributed by atoms with van der Waals surface area (Å²) in [4.78, 5) is 2.67. The fourth-order valence-corrected chi connectivity index (χ4v) is 2.86. The Balaban J connectivity index is 1.73. The largest absolute Gasteiger partial charge is 0.317 e. The zero-order valence-electron chi connectivity index (χ0n) is 9.68. The molecule has 1 aliphatic carbocycles. The highest BCUT2D eigenvalue weighted by molar-refractivity contribution is 4.88. The third-order valence-corrected chi connectivity index (χ3v) is 4.16. The second-order valence-electron chi connectivity index (χ2n) is 5.50. The molecule has 0 amide bonds. The van der Waals surface area contributed by atoms with Crippen LogP contribution in [0.5, 0.6) is 0 Å². The summed E-state index contributed by atoms with van der Waals surface area (Å²) >= 11 is 0. The first kappa shape index (κ1) is 10.4. The molecule has 0 atom stereocenters. The van der Waals surface area contributed by atoms with Crippen LogP contribution in [0.3, 0.4) is 0 Å². The van der Waals surface area contributed by atoms with Gasteiger partial charge in [-0.3, -0.25) is 0 Å². The van der Waals surface area contributed by atoms with Gasteiger partial charge in [-0.05, 0) is 51.2 Å². The second kappa shape index (κ2) is 4.19. The number of nitrogens with zero attached hydrogens (tertiary/aromatic N) is 1. The lowest BCUT2D eigenvalue weighted by Gasteiger charge is -2.44. The SMILES string of the molecule is CNC1CCN(CC2(C)CCC2)CC1. The molecule has 1 N–H and O–H groups in total. The summed E-state index contributed by atoms with van der Waals surface area (Å²) in [5, 5.41) is 3.39. The predicted octanol–water partition coefficient (Wildman–Crippen LogP) is 1.86. The van der Waals surface area contributed by atoms with E-state index in [9.17, 15) is 0 Å². The van der Waals surface area contributed by atoms with Gasteiger partial charge in [0.05, 0.1) is 0 Å². The minimum absolute atomic E-state index is 0.673. The highest BCUT2D eigenvalue weighted by Gasteiger charge is 2.34. The molecular formula is C12H24N2. The first-order valence-corrected chi connectivity index (χ1v) is 6.11. The molecule has 1 heterocycles. The third-order valence-electron chi connectivity index (χ3n) is 4.16. The van der Waals surface area contributed by atoms with E-state index < -0.39 is 0 Å². The molecule has 2 fully saturated rings. The van der Waals surface area contributed by atoms with E-state index in [1.54, 1.807) is 0 Å². The molecule has 0 unspecified atom stereocenters. The molecule has 2 nitrogen and oxygen atoms in total.